The fourth-order valence-electron chi connectivity index (χ4n) is 3.15. The Labute approximate surface area is 154 Å². The van der Waals surface area contributed by atoms with Crippen LogP contribution in [0, 0.1) is 20.8 Å². The minimum atomic E-state index is 0.269. The van der Waals surface area contributed by atoms with Crippen molar-refractivity contribution in [1.29, 1.82) is 0 Å². The first-order chi connectivity index (χ1) is 12.0. The van der Waals surface area contributed by atoms with Crippen molar-refractivity contribution in [2.45, 2.75) is 46.3 Å². The molecule has 2 aromatic rings. The zero-order valence-electron chi connectivity index (χ0n) is 15.1. The molecule has 3 rings (SSSR count). The van der Waals surface area contributed by atoms with E-state index in [1.54, 1.807) is 0 Å². The number of aromatic nitrogens is 2. The van der Waals surface area contributed by atoms with Crippen LogP contribution >= 0.6 is 12.2 Å². The third-order valence-corrected chi connectivity index (χ3v) is 4.96. The number of hydrogen-bond donors (Lipinski definition) is 2. The van der Waals surface area contributed by atoms with E-state index in [1.165, 1.54) is 11.1 Å². The average molecular weight is 359 g/mol. The molecule has 6 heteroatoms. The van der Waals surface area contributed by atoms with Gasteiger partial charge in [0.2, 0.25) is 0 Å². The molecule has 1 aliphatic heterocycles. The Balaban J connectivity index is 1.65. The van der Waals surface area contributed by atoms with Crippen LogP contribution in [0.3, 0.4) is 0 Å². The second kappa shape index (κ2) is 7.97. The number of aryl methyl sites for hydroxylation is 2. The topological polar surface area (TPSA) is 51.1 Å². The van der Waals surface area contributed by atoms with Gasteiger partial charge in [0.15, 0.2) is 5.11 Å². The summed E-state index contributed by atoms with van der Waals surface area (Å²) < 4.78 is 7.65. The van der Waals surface area contributed by atoms with Crippen molar-refractivity contribution in [3.05, 3.63) is 46.8 Å². The van der Waals surface area contributed by atoms with E-state index in [0.717, 1.165) is 49.6 Å². The summed E-state index contributed by atoms with van der Waals surface area (Å²) in [6.07, 6.45) is 2.50. The van der Waals surface area contributed by atoms with Gasteiger partial charge in [-0.05, 0) is 57.0 Å². The molecule has 134 valence electrons. The Morgan fingerprint density at radius 2 is 2.12 bits per heavy atom. The van der Waals surface area contributed by atoms with Crippen molar-refractivity contribution in [2.24, 2.45) is 0 Å². The standard InChI is InChI=1S/C19H26N4OS/c1-13-7-4-5-8-16(13)12-23-15(3)18(14(2)22-23)21-19(25)20-11-17-9-6-10-24-17/h4-5,7-8,17H,6,9-12H2,1-3H3,(H2,20,21,25)/t17-/m0/s1. The van der Waals surface area contributed by atoms with Gasteiger partial charge < -0.3 is 15.4 Å². The van der Waals surface area contributed by atoms with E-state index >= 15 is 0 Å². The molecule has 1 aromatic heterocycles. The van der Waals surface area contributed by atoms with Crippen molar-refractivity contribution in [1.82, 2.24) is 15.1 Å². The molecule has 0 bridgehead atoms. The highest BCUT2D eigenvalue weighted by molar-refractivity contribution is 7.80. The third-order valence-electron chi connectivity index (χ3n) is 4.72. The molecular weight excluding hydrogens is 332 g/mol. The maximum Gasteiger partial charge on any atom is 0.170 e. The molecule has 0 aliphatic carbocycles. The van der Waals surface area contributed by atoms with Gasteiger partial charge in [-0.25, -0.2) is 0 Å². The molecule has 1 aliphatic rings. The van der Waals surface area contributed by atoms with E-state index in [4.69, 9.17) is 17.0 Å². The first kappa shape index (κ1) is 17.9. The second-order valence-electron chi connectivity index (χ2n) is 6.60. The Hall–Kier alpha value is -1.92. The largest absolute Gasteiger partial charge is 0.376 e. The van der Waals surface area contributed by atoms with Gasteiger partial charge in [0.1, 0.15) is 0 Å². The minimum absolute atomic E-state index is 0.269. The van der Waals surface area contributed by atoms with Crippen LogP contribution in [0.2, 0.25) is 0 Å². The Morgan fingerprint density at radius 1 is 1.32 bits per heavy atom. The Kier molecular flexibility index (Phi) is 5.71. The summed E-state index contributed by atoms with van der Waals surface area (Å²) in [5.41, 5.74) is 5.57. The van der Waals surface area contributed by atoms with Gasteiger partial charge >= 0.3 is 0 Å². The van der Waals surface area contributed by atoms with Crippen molar-refractivity contribution in [2.75, 3.05) is 18.5 Å². The molecule has 25 heavy (non-hydrogen) atoms. The number of rotatable bonds is 5. The van der Waals surface area contributed by atoms with Crippen LogP contribution in [-0.4, -0.2) is 34.1 Å². The highest BCUT2D eigenvalue weighted by atomic mass is 32.1. The summed E-state index contributed by atoms with van der Waals surface area (Å²) in [6.45, 7) is 8.58. The van der Waals surface area contributed by atoms with E-state index in [-0.39, 0.29) is 6.10 Å². The van der Waals surface area contributed by atoms with Crippen LogP contribution in [0.25, 0.3) is 0 Å². The number of thiocarbonyl (C=S) groups is 1. The predicted molar refractivity (Wildman–Crippen MR) is 105 cm³/mol. The van der Waals surface area contributed by atoms with Gasteiger partial charge in [-0.15, -0.1) is 0 Å². The van der Waals surface area contributed by atoms with E-state index < -0.39 is 0 Å². The van der Waals surface area contributed by atoms with Gasteiger partial charge in [0.05, 0.1) is 29.7 Å². The molecule has 1 saturated heterocycles. The van der Waals surface area contributed by atoms with E-state index in [2.05, 4.69) is 53.8 Å². The molecular formula is C19H26N4OS. The maximum absolute atomic E-state index is 5.62. The molecule has 2 N–H and O–H groups in total. The zero-order valence-corrected chi connectivity index (χ0v) is 15.9. The van der Waals surface area contributed by atoms with E-state index in [0.29, 0.717) is 5.11 Å². The molecule has 0 amide bonds. The summed E-state index contributed by atoms with van der Waals surface area (Å²) in [7, 11) is 0. The van der Waals surface area contributed by atoms with E-state index in [1.807, 2.05) is 11.6 Å². The van der Waals surface area contributed by atoms with Crippen LogP contribution in [-0.2, 0) is 11.3 Å². The van der Waals surface area contributed by atoms with Crippen molar-refractivity contribution in [3.63, 3.8) is 0 Å². The highest BCUT2D eigenvalue weighted by Gasteiger charge is 2.17. The fourth-order valence-corrected chi connectivity index (χ4v) is 3.34. The Morgan fingerprint density at radius 3 is 2.84 bits per heavy atom. The lowest BCUT2D eigenvalue weighted by Gasteiger charge is -2.14. The lowest BCUT2D eigenvalue weighted by molar-refractivity contribution is 0.114. The smallest absolute Gasteiger partial charge is 0.170 e. The van der Waals surface area contributed by atoms with Crippen molar-refractivity contribution < 1.29 is 4.74 Å². The maximum atomic E-state index is 5.62. The molecule has 0 spiro atoms. The summed E-state index contributed by atoms with van der Waals surface area (Å²) in [6, 6.07) is 8.40. The number of hydrogen-bond acceptors (Lipinski definition) is 3. The number of ether oxygens (including phenoxy) is 1. The van der Waals surface area contributed by atoms with Crippen LogP contribution in [0.4, 0.5) is 5.69 Å². The van der Waals surface area contributed by atoms with E-state index in [9.17, 15) is 0 Å². The average Bonchev–Trinajstić information content (AvgIpc) is 3.19. The number of nitrogens with one attached hydrogen (secondary N) is 2. The molecule has 1 atom stereocenters. The Bertz CT molecular complexity index is 750. The zero-order chi connectivity index (χ0) is 17.8. The molecule has 2 heterocycles. The molecule has 1 aromatic carbocycles. The summed E-state index contributed by atoms with van der Waals surface area (Å²) in [5.74, 6) is 0. The van der Waals surface area contributed by atoms with Gasteiger partial charge in [0.25, 0.3) is 0 Å². The summed E-state index contributed by atoms with van der Waals surface area (Å²) in [5, 5.41) is 11.9. The van der Waals surface area contributed by atoms with Crippen molar-refractivity contribution in [3.8, 4) is 0 Å². The predicted octanol–water partition coefficient (Wildman–Crippen LogP) is 3.32. The normalized spacial score (nSPS) is 16.8. The van der Waals surface area contributed by atoms with Crippen LogP contribution in [0.5, 0.6) is 0 Å². The number of nitrogens with zero attached hydrogens (tertiary/aromatic N) is 2. The van der Waals surface area contributed by atoms with Crippen LogP contribution in [0.1, 0.15) is 35.4 Å². The fraction of sp³-hybridized carbons (Fsp3) is 0.474. The van der Waals surface area contributed by atoms with Gasteiger partial charge in [-0.1, -0.05) is 24.3 Å². The van der Waals surface area contributed by atoms with Gasteiger partial charge in [-0.3, -0.25) is 4.68 Å². The second-order valence-corrected chi connectivity index (χ2v) is 7.01. The van der Waals surface area contributed by atoms with Gasteiger partial charge in [0, 0.05) is 13.2 Å². The summed E-state index contributed by atoms with van der Waals surface area (Å²) >= 11 is 5.43. The first-order valence-electron chi connectivity index (χ1n) is 8.79. The lowest BCUT2D eigenvalue weighted by atomic mass is 10.1. The quantitative estimate of drug-likeness (QED) is 0.803. The number of anilines is 1. The number of benzene rings is 1. The molecule has 5 nitrogen and oxygen atoms in total. The molecule has 0 saturated carbocycles. The van der Waals surface area contributed by atoms with Crippen LogP contribution in [0.15, 0.2) is 24.3 Å². The van der Waals surface area contributed by atoms with Gasteiger partial charge in [-0.2, -0.15) is 5.10 Å². The SMILES string of the molecule is Cc1ccccc1Cn1nc(C)c(NC(=S)NC[C@@H]2CCCO2)c1C. The molecule has 0 radical (unpaired) electrons. The lowest BCUT2D eigenvalue weighted by Crippen LogP contribution is -2.35. The third kappa shape index (κ3) is 4.38. The minimum Gasteiger partial charge on any atom is -0.376 e. The molecule has 1 fully saturated rings. The molecule has 0 unspecified atom stereocenters. The van der Waals surface area contributed by atoms with Crippen molar-refractivity contribution >= 4 is 23.0 Å². The highest BCUT2D eigenvalue weighted by Crippen LogP contribution is 2.21. The monoisotopic (exact) mass is 358 g/mol. The first-order valence-corrected chi connectivity index (χ1v) is 9.20. The summed E-state index contributed by atoms with van der Waals surface area (Å²) in [4.78, 5) is 0. The van der Waals surface area contributed by atoms with Crippen LogP contribution < -0.4 is 10.6 Å².